The molecule has 1 amide bonds. The summed E-state index contributed by atoms with van der Waals surface area (Å²) in [5, 5.41) is 18.3. The molecule has 1 heterocycles. The number of carboxylic acid groups (broad SMARTS) is 2. The number of anilines is 1. The number of para-hydroxylation sites is 1. The van der Waals surface area contributed by atoms with Gasteiger partial charge in [-0.15, -0.1) is 11.8 Å². The largest absolute Gasteiger partial charge is 0.481 e. The van der Waals surface area contributed by atoms with Crippen LogP contribution in [0.15, 0.2) is 35.1 Å². The maximum atomic E-state index is 12.8. The molecule has 0 fully saturated rings. The predicted molar refractivity (Wildman–Crippen MR) is 105 cm³/mol. The Morgan fingerprint density at radius 2 is 1.79 bits per heavy atom. The van der Waals surface area contributed by atoms with E-state index in [0.29, 0.717) is 11.4 Å². The van der Waals surface area contributed by atoms with Crippen LogP contribution in [0.2, 0.25) is 0 Å². The molecule has 2 unspecified atom stereocenters. The van der Waals surface area contributed by atoms with Crippen molar-refractivity contribution in [2.24, 2.45) is 7.05 Å². The van der Waals surface area contributed by atoms with E-state index in [2.05, 4.69) is 5.32 Å². The third kappa shape index (κ3) is 4.63. The highest BCUT2D eigenvalue weighted by atomic mass is 32.2. The molecule has 0 saturated carbocycles. The van der Waals surface area contributed by atoms with Gasteiger partial charge in [0.25, 0.3) is 5.56 Å². The second-order valence-electron chi connectivity index (χ2n) is 6.13. The molecule has 28 heavy (non-hydrogen) atoms. The van der Waals surface area contributed by atoms with Crippen LogP contribution in [0.3, 0.4) is 0 Å². The maximum absolute atomic E-state index is 12.8. The summed E-state index contributed by atoms with van der Waals surface area (Å²) >= 11 is 0.720. The summed E-state index contributed by atoms with van der Waals surface area (Å²) in [7, 11) is 1.69. The Hall–Kier alpha value is -3.01. The van der Waals surface area contributed by atoms with Gasteiger partial charge in [-0.3, -0.25) is 23.9 Å². The fourth-order valence-electron chi connectivity index (χ4n) is 2.60. The lowest BCUT2D eigenvalue weighted by molar-refractivity contribution is -0.142. The number of nitrogens with zero attached hydrogens (tertiary/aromatic N) is 2. The van der Waals surface area contributed by atoms with E-state index in [1.165, 1.54) is 11.6 Å². The zero-order valence-electron chi connectivity index (χ0n) is 15.6. The van der Waals surface area contributed by atoms with Gasteiger partial charge in [0.1, 0.15) is 10.9 Å². The van der Waals surface area contributed by atoms with Gasteiger partial charge in [-0.2, -0.15) is 0 Å². The molecule has 1 aromatic heterocycles. The van der Waals surface area contributed by atoms with Gasteiger partial charge < -0.3 is 15.5 Å². The number of hydrogen-bond acceptors (Lipinski definition) is 5. The molecule has 150 valence electrons. The minimum Gasteiger partial charge on any atom is -0.481 e. The van der Waals surface area contributed by atoms with Crippen molar-refractivity contribution in [3.8, 4) is 5.69 Å². The summed E-state index contributed by atoms with van der Waals surface area (Å²) in [5.41, 5.74) is 0.833. The minimum absolute atomic E-state index is 0.0916. The van der Waals surface area contributed by atoms with Crippen LogP contribution in [-0.2, 0) is 21.4 Å². The maximum Gasteiger partial charge on any atom is 0.317 e. The molecule has 0 bridgehead atoms. The van der Waals surface area contributed by atoms with Gasteiger partial charge in [0, 0.05) is 7.05 Å². The van der Waals surface area contributed by atoms with E-state index in [9.17, 15) is 19.2 Å². The van der Waals surface area contributed by atoms with Crippen molar-refractivity contribution in [3.05, 3.63) is 46.4 Å². The van der Waals surface area contributed by atoms with Crippen molar-refractivity contribution in [1.82, 2.24) is 9.36 Å². The van der Waals surface area contributed by atoms with Crippen molar-refractivity contribution >= 4 is 35.3 Å². The molecule has 0 spiro atoms. The van der Waals surface area contributed by atoms with E-state index in [1.807, 2.05) is 6.07 Å². The molecular weight excluding hydrogens is 386 g/mol. The summed E-state index contributed by atoms with van der Waals surface area (Å²) in [6.07, 6.45) is -0.608. The average Bonchev–Trinajstić information content (AvgIpc) is 2.84. The van der Waals surface area contributed by atoms with Crippen LogP contribution in [0, 0.1) is 6.92 Å². The highest BCUT2D eigenvalue weighted by molar-refractivity contribution is 8.01. The molecular formula is C18H21N3O6S. The number of thioether (sulfide) groups is 1. The number of hydrogen-bond donors (Lipinski definition) is 3. The molecule has 0 aliphatic rings. The standard InChI is InChI=1S/C18H21N3O6S/c1-10-15(17(25)21(20(10)3)12-7-5-4-6-8-12)19-16(24)11(2)28-13(18(26)27)9-14(22)23/h4-8,11,13H,9H2,1-3H3,(H,19,24)(H,22,23)(H,26,27). The topological polar surface area (TPSA) is 131 Å². The second-order valence-corrected chi connectivity index (χ2v) is 7.68. The summed E-state index contributed by atoms with van der Waals surface area (Å²) in [6, 6.07) is 8.91. The van der Waals surface area contributed by atoms with Crippen LogP contribution in [-0.4, -0.2) is 47.9 Å². The Kier molecular flexibility index (Phi) is 6.68. The number of aromatic nitrogens is 2. The smallest absolute Gasteiger partial charge is 0.317 e. The first kappa shape index (κ1) is 21.3. The summed E-state index contributed by atoms with van der Waals surface area (Å²) < 4.78 is 3.02. The van der Waals surface area contributed by atoms with Crippen molar-refractivity contribution in [2.75, 3.05) is 5.32 Å². The molecule has 0 aliphatic heterocycles. The molecule has 3 N–H and O–H groups in total. The van der Waals surface area contributed by atoms with Crippen molar-refractivity contribution in [1.29, 1.82) is 0 Å². The van der Waals surface area contributed by atoms with Gasteiger partial charge >= 0.3 is 11.9 Å². The predicted octanol–water partition coefficient (Wildman–Crippen LogP) is 1.47. The van der Waals surface area contributed by atoms with Gasteiger partial charge in [0.2, 0.25) is 5.91 Å². The normalized spacial score (nSPS) is 13.0. The molecule has 1 aromatic carbocycles. The van der Waals surface area contributed by atoms with E-state index in [-0.39, 0.29) is 5.69 Å². The zero-order valence-corrected chi connectivity index (χ0v) is 16.4. The van der Waals surface area contributed by atoms with E-state index < -0.39 is 40.3 Å². The zero-order chi connectivity index (χ0) is 21.0. The summed E-state index contributed by atoms with van der Waals surface area (Å²) in [4.78, 5) is 47.3. The Morgan fingerprint density at radius 3 is 2.32 bits per heavy atom. The molecule has 0 aliphatic carbocycles. The van der Waals surface area contributed by atoms with E-state index in [1.54, 1.807) is 42.9 Å². The monoisotopic (exact) mass is 407 g/mol. The number of aliphatic carboxylic acids is 2. The summed E-state index contributed by atoms with van der Waals surface area (Å²) in [5.74, 6) is -3.15. The first-order valence-corrected chi connectivity index (χ1v) is 9.32. The molecule has 2 rings (SSSR count). The van der Waals surface area contributed by atoms with Gasteiger partial charge in [0.05, 0.1) is 23.1 Å². The lowest BCUT2D eigenvalue weighted by Gasteiger charge is -2.15. The molecule has 2 atom stereocenters. The Morgan fingerprint density at radius 1 is 1.18 bits per heavy atom. The quantitative estimate of drug-likeness (QED) is 0.604. The lowest BCUT2D eigenvalue weighted by atomic mass is 10.3. The Bertz CT molecular complexity index is 950. The second kappa shape index (κ2) is 8.79. The van der Waals surface area contributed by atoms with Crippen LogP contribution >= 0.6 is 11.8 Å². The third-order valence-electron chi connectivity index (χ3n) is 4.18. The molecule has 0 saturated heterocycles. The van der Waals surface area contributed by atoms with Crippen molar-refractivity contribution in [2.45, 2.75) is 30.8 Å². The number of benzene rings is 1. The SMILES string of the molecule is Cc1c(NC(=O)C(C)SC(CC(=O)O)C(=O)O)c(=O)n(-c2ccccc2)n1C. The highest BCUT2D eigenvalue weighted by Gasteiger charge is 2.28. The van der Waals surface area contributed by atoms with Crippen LogP contribution < -0.4 is 10.9 Å². The van der Waals surface area contributed by atoms with Crippen molar-refractivity contribution < 1.29 is 24.6 Å². The van der Waals surface area contributed by atoms with Crippen LogP contribution in [0.1, 0.15) is 19.0 Å². The first-order valence-electron chi connectivity index (χ1n) is 8.38. The summed E-state index contributed by atoms with van der Waals surface area (Å²) in [6.45, 7) is 3.14. The lowest BCUT2D eigenvalue weighted by Crippen LogP contribution is -2.30. The molecule has 2 aromatic rings. The van der Waals surface area contributed by atoms with Gasteiger partial charge in [0.15, 0.2) is 0 Å². The van der Waals surface area contributed by atoms with Gasteiger partial charge in [-0.05, 0) is 26.0 Å². The number of amides is 1. The van der Waals surface area contributed by atoms with Crippen LogP contribution in [0.5, 0.6) is 0 Å². The fourth-order valence-corrected chi connectivity index (χ4v) is 3.63. The van der Waals surface area contributed by atoms with E-state index in [4.69, 9.17) is 10.2 Å². The minimum atomic E-state index is -1.31. The van der Waals surface area contributed by atoms with Gasteiger partial charge in [-0.25, -0.2) is 4.68 Å². The van der Waals surface area contributed by atoms with Crippen LogP contribution in [0.25, 0.3) is 5.69 Å². The van der Waals surface area contributed by atoms with Crippen molar-refractivity contribution in [3.63, 3.8) is 0 Å². The number of nitrogens with one attached hydrogen (secondary N) is 1. The Labute approximate surface area is 164 Å². The third-order valence-corrected chi connectivity index (χ3v) is 5.49. The first-order chi connectivity index (χ1) is 13.1. The van der Waals surface area contributed by atoms with E-state index >= 15 is 0 Å². The molecule has 10 heteroatoms. The highest BCUT2D eigenvalue weighted by Crippen LogP contribution is 2.23. The number of carboxylic acids is 2. The fraction of sp³-hybridized carbons (Fsp3) is 0.333. The number of carbonyl (C=O) groups is 3. The number of carbonyl (C=O) groups excluding carboxylic acids is 1. The average molecular weight is 407 g/mol. The molecule has 0 radical (unpaired) electrons. The van der Waals surface area contributed by atoms with Gasteiger partial charge in [-0.1, -0.05) is 18.2 Å². The number of rotatable bonds is 8. The van der Waals surface area contributed by atoms with Crippen LogP contribution in [0.4, 0.5) is 5.69 Å². The van der Waals surface area contributed by atoms with E-state index in [0.717, 1.165) is 11.8 Å². The molecule has 9 nitrogen and oxygen atoms in total. The Balaban J connectivity index is 2.23.